The zero-order chi connectivity index (χ0) is 14.6. The lowest BCUT2D eigenvalue weighted by Crippen LogP contribution is -2.56. The van der Waals surface area contributed by atoms with E-state index in [4.69, 9.17) is 10.2 Å². The number of nitrogens with zero attached hydrogens (tertiary/aromatic N) is 2. The Morgan fingerprint density at radius 3 is 2.37 bits per heavy atom. The van der Waals surface area contributed by atoms with Gasteiger partial charge in [-0.25, -0.2) is 9.59 Å². The van der Waals surface area contributed by atoms with Gasteiger partial charge >= 0.3 is 12.2 Å². The fourth-order valence-corrected chi connectivity index (χ4v) is 2.26. The average Bonchev–Trinajstić information content (AvgIpc) is 2.26. The minimum absolute atomic E-state index is 0.00869. The minimum atomic E-state index is -3.59. The van der Waals surface area contributed by atoms with Gasteiger partial charge in [0.2, 0.25) is 0 Å². The molecule has 10 heteroatoms. The van der Waals surface area contributed by atoms with Crippen LogP contribution in [0.15, 0.2) is 0 Å². The van der Waals surface area contributed by atoms with Crippen molar-refractivity contribution in [1.82, 2.24) is 9.80 Å². The summed E-state index contributed by atoms with van der Waals surface area (Å²) in [6, 6.07) is -0.607. The van der Waals surface area contributed by atoms with Crippen LogP contribution in [0.1, 0.15) is 6.42 Å². The highest BCUT2D eigenvalue weighted by Gasteiger charge is 2.32. The predicted octanol–water partition coefficient (Wildman–Crippen LogP) is -0.305. The number of rotatable bonds is 4. The van der Waals surface area contributed by atoms with Gasteiger partial charge in [-0.2, -0.15) is 8.42 Å². The summed E-state index contributed by atoms with van der Waals surface area (Å²) in [6.45, 7) is -0.00820. The predicted molar refractivity (Wildman–Crippen MR) is 63.5 cm³/mol. The van der Waals surface area contributed by atoms with E-state index in [1.165, 1.54) is 0 Å². The van der Waals surface area contributed by atoms with Gasteiger partial charge in [-0.3, -0.25) is 4.18 Å². The number of piperazine rings is 1. The Labute approximate surface area is 110 Å². The molecule has 0 aliphatic carbocycles. The molecule has 0 bridgehead atoms. The molecule has 110 valence electrons. The van der Waals surface area contributed by atoms with Crippen molar-refractivity contribution in [3.05, 3.63) is 0 Å². The third kappa shape index (κ3) is 4.91. The van der Waals surface area contributed by atoms with Crippen molar-refractivity contribution in [3.8, 4) is 0 Å². The van der Waals surface area contributed by atoms with Crippen LogP contribution in [0.3, 0.4) is 0 Å². The van der Waals surface area contributed by atoms with Crippen LogP contribution in [-0.4, -0.2) is 79.2 Å². The van der Waals surface area contributed by atoms with Gasteiger partial charge in [0.15, 0.2) is 0 Å². The summed E-state index contributed by atoms with van der Waals surface area (Å²) in [6.07, 6.45) is -1.27. The van der Waals surface area contributed by atoms with E-state index < -0.39 is 28.3 Å². The summed E-state index contributed by atoms with van der Waals surface area (Å²) < 4.78 is 26.2. The van der Waals surface area contributed by atoms with E-state index in [-0.39, 0.29) is 32.7 Å². The Morgan fingerprint density at radius 2 is 1.89 bits per heavy atom. The van der Waals surface area contributed by atoms with Gasteiger partial charge in [0.1, 0.15) is 0 Å². The summed E-state index contributed by atoms with van der Waals surface area (Å²) in [7, 11) is -3.59. The Kier molecular flexibility index (Phi) is 4.95. The van der Waals surface area contributed by atoms with Crippen LogP contribution in [0, 0.1) is 0 Å². The molecule has 1 rings (SSSR count). The summed E-state index contributed by atoms with van der Waals surface area (Å²) in [5, 5.41) is 17.9. The Balaban J connectivity index is 2.61. The minimum Gasteiger partial charge on any atom is -0.465 e. The molecule has 0 radical (unpaired) electrons. The van der Waals surface area contributed by atoms with Crippen molar-refractivity contribution in [3.63, 3.8) is 0 Å². The largest absolute Gasteiger partial charge is 0.465 e. The molecule has 1 heterocycles. The van der Waals surface area contributed by atoms with E-state index in [0.717, 1.165) is 16.1 Å². The SMILES string of the molecule is CS(=O)(=O)OCC[C@@H]1CN(C(=O)O)CCN1C(=O)O. The van der Waals surface area contributed by atoms with Crippen molar-refractivity contribution in [2.75, 3.05) is 32.5 Å². The first-order chi connectivity index (χ1) is 8.70. The summed E-state index contributed by atoms with van der Waals surface area (Å²) in [4.78, 5) is 24.0. The van der Waals surface area contributed by atoms with E-state index in [9.17, 15) is 18.0 Å². The molecule has 1 atom stereocenters. The molecule has 0 aromatic heterocycles. The van der Waals surface area contributed by atoms with Gasteiger partial charge < -0.3 is 20.0 Å². The van der Waals surface area contributed by atoms with E-state index in [1.54, 1.807) is 0 Å². The molecule has 2 amide bonds. The normalized spacial score (nSPS) is 20.4. The van der Waals surface area contributed by atoms with Gasteiger partial charge in [0, 0.05) is 19.6 Å². The monoisotopic (exact) mass is 296 g/mol. The van der Waals surface area contributed by atoms with E-state index in [2.05, 4.69) is 4.18 Å². The molecule has 1 fully saturated rings. The van der Waals surface area contributed by atoms with Crippen LogP contribution in [0.25, 0.3) is 0 Å². The first-order valence-electron chi connectivity index (χ1n) is 5.52. The van der Waals surface area contributed by atoms with Crippen molar-refractivity contribution in [2.24, 2.45) is 0 Å². The molecule has 1 saturated heterocycles. The van der Waals surface area contributed by atoms with Gasteiger partial charge in [-0.05, 0) is 6.42 Å². The second-order valence-corrected chi connectivity index (χ2v) is 5.82. The highest BCUT2D eigenvalue weighted by atomic mass is 32.2. The Hall–Kier alpha value is -1.55. The van der Waals surface area contributed by atoms with Crippen molar-refractivity contribution >= 4 is 22.3 Å². The average molecular weight is 296 g/mol. The number of hydrogen-bond donors (Lipinski definition) is 2. The van der Waals surface area contributed by atoms with Crippen LogP contribution >= 0.6 is 0 Å². The van der Waals surface area contributed by atoms with Crippen LogP contribution in [0.4, 0.5) is 9.59 Å². The van der Waals surface area contributed by atoms with Crippen molar-refractivity contribution in [2.45, 2.75) is 12.5 Å². The summed E-state index contributed by atoms with van der Waals surface area (Å²) in [5.41, 5.74) is 0. The molecule has 0 saturated carbocycles. The first kappa shape index (κ1) is 15.5. The molecule has 9 nitrogen and oxygen atoms in total. The lowest BCUT2D eigenvalue weighted by Gasteiger charge is -2.38. The maximum absolute atomic E-state index is 11.0. The van der Waals surface area contributed by atoms with Gasteiger partial charge in [0.25, 0.3) is 10.1 Å². The summed E-state index contributed by atoms with van der Waals surface area (Å²) in [5.74, 6) is 0. The van der Waals surface area contributed by atoms with E-state index in [0.29, 0.717) is 0 Å². The third-order valence-corrected chi connectivity index (χ3v) is 3.34. The van der Waals surface area contributed by atoms with Gasteiger partial charge in [0.05, 0.1) is 18.9 Å². The highest BCUT2D eigenvalue weighted by Crippen LogP contribution is 2.14. The van der Waals surface area contributed by atoms with Crippen molar-refractivity contribution in [1.29, 1.82) is 0 Å². The fraction of sp³-hybridized carbons (Fsp3) is 0.778. The third-order valence-electron chi connectivity index (χ3n) is 2.75. The maximum Gasteiger partial charge on any atom is 0.407 e. The lowest BCUT2D eigenvalue weighted by molar-refractivity contribution is 0.0566. The topological polar surface area (TPSA) is 124 Å². The van der Waals surface area contributed by atoms with Crippen LogP contribution in [-0.2, 0) is 14.3 Å². The molecule has 19 heavy (non-hydrogen) atoms. The first-order valence-corrected chi connectivity index (χ1v) is 7.34. The smallest absolute Gasteiger partial charge is 0.407 e. The molecule has 0 unspecified atom stereocenters. The number of hydrogen-bond acceptors (Lipinski definition) is 5. The Bertz CT molecular complexity index is 449. The molecule has 0 aromatic rings. The molecular formula is C9H16N2O7S. The number of carbonyl (C=O) groups is 2. The van der Waals surface area contributed by atoms with Crippen LogP contribution < -0.4 is 0 Å². The second-order valence-electron chi connectivity index (χ2n) is 4.17. The standard InChI is InChI=1S/C9H16N2O7S/c1-19(16,17)18-5-2-7-6-10(8(12)13)3-4-11(7)9(14)15/h7H,2-6H2,1H3,(H,12,13)(H,14,15)/t7-/m1/s1. The second kappa shape index (κ2) is 6.06. The molecular weight excluding hydrogens is 280 g/mol. The van der Waals surface area contributed by atoms with Gasteiger partial charge in [-0.1, -0.05) is 0 Å². The molecule has 2 N–H and O–H groups in total. The molecule has 0 aromatic carbocycles. The van der Waals surface area contributed by atoms with Crippen LogP contribution in [0.2, 0.25) is 0 Å². The molecule has 1 aliphatic heterocycles. The van der Waals surface area contributed by atoms with Crippen LogP contribution in [0.5, 0.6) is 0 Å². The molecule has 1 aliphatic rings. The number of carboxylic acid groups (broad SMARTS) is 2. The lowest BCUT2D eigenvalue weighted by atomic mass is 10.1. The van der Waals surface area contributed by atoms with Crippen molar-refractivity contribution < 1.29 is 32.4 Å². The van der Waals surface area contributed by atoms with Gasteiger partial charge in [-0.15, -0.1) is 0 Å². The Morgan fingerprint density at radius 1 is 1.26 bits per heavy atom. The number of amides is 2. The molecule has 0 spiro atoms. The quantitative estimate of drug-likeness (QED) is 0.682. The van der Waals surface area contributed by atoms with E-state index >= 15 is 0 Å². The summed E-state index contributed by atoms with van der Waals surface area (Å²) >= 11 is 0. The fourth-order valence-electron chi connectivity index (χ4n) is 1.86. The zero-order valence-electron chi connectivity index (χ0n) is 10.4. The highest BCUT2D eigenvalue weighted by molar-refractivity contribution is 7.85. The van der Waals surface area contributed by atoms with E-state index in [1.807, 2.05) is 0 Å². The maximum atomic E-state index is 11.0. The zero-order valence-corrected chi connectivity index (χ0v) is 11.2.